The number of urea groups is 1. The Morgan fingerprint density at radius 1 is 1.29 bits per heavy atom. The van der Waals surface area contributed by atoms with Crippen LogP contribution in [0.5, 0.6) is 0 Å². The predicted molar refractivity (Wildman–Crippen MR) is 84.8 cm³/mol. The molecule has 0 saturated carbocycles. The number of aromatic nitrogens is 1. The Kier molecular flexibility index (Phi) is 3.77. The van der Waals surface area contributed by atoms with Crippen LogP contribution in [-0.2, 0) is 6.42 Å². The van der Waals surface area contributed by atoms with E-state index in [-0.39, 0.29) is 6.03 Å². The number of likely N-dealkylation sites (N-methyl/N-ethyl adjacent to an activating group) is 1. The predicted octanol–water partition coefficient (Wildman–Crippen LogP) is 3.50. The lowest BCUT2D eigenvalue weighted by atomic mass is 10.1. The third-order valence-electron chi connectivity index (χ3n) is 3.74. The second-order valence-corrected chi connectivity index (χ2v) is 5.23. The van der Waals surface area contributed by atoms with Gasteiger partial charge in [0.25, 0.3) is 0 Å². The first kappa shape index (κ1) is 13.5. The van der Waals surface area contributed by atoms with Crippen LogP contribution >= 0.6 is 0 Å². The van der Waals surface area contributed by atoms with E-state index >= 15 is 0 Å². The number of nitrogens with one attached hydrogen (secondary N) is 1. The van der Waals surface area contributed by atoms with Gasteiger partial charge in [0.05, 0.1) is 0 Å². The molecule has 0 radical (unpaired) electrons. The van der Waals surface area contributed by atoms with Crippen molar-refractivity contribution in [2.24, 2.45) is 0 Å². The van der Waals surface area contributed by atoms with Gasteiger partial charge < -0.3 is 9.88 Å². The largest absolute Gasteiger partial charge is 0.361 e. The van der Waals surface area contributed by atoms with Crippen molar-refractivity contribution in [3.05, 3.63) is 60.6 Å². The molecule has 4 nitrogen and oxygen atoms in total. The molecule has 1 N–H and O–H groups in total. The van der Waals surface area contributed by atoms with Crippen molar-refractivity contribution >= 4 is 16.9 Å². The molecule has 0 unspecified atom stereocenters. The molecule has 2 aromatic rings. The topological polar surface area (TPSA) is 39.3 Å². The van der Waals surface area contributed by atoms with Crippen molar-refractivity contribution in [3.63, 3.8) is 0 Å². The summed E-state index contributed by atoms with van der Waals surface area (Å²) >= 11 is 0. The molecule has 1 aromatic carbocycles. The van der Waals surface area contributed by atoms with Crippen LogP contribution in [0.3, 0.4) is 0 Å². The first-order chi connectivity index (χ1) is 10.3. The minimum atomic E-state index is 0.00189. The van der Waals surface area contributed by atoms with Crippen LogP contribution in [0, 0.1) is 0 Å². The Labute approximate surface area is 124 Å². The highest BCUT2D eigenvalue weighted by molar-refractivity contribution is 5.83. The Bertz CT molecular complexity index is 687. The molecule has 2 heterocycles. The number of fused-ring (bicyclic) bond motifs is 1. The van der Waals surface area contributed by atoms with Gasteiger partial charge in [0.15, 0.2) is 0 Å². The van der Waals surface area contributed by atoms with E-state index in [0.717, 1.165) is 18.4 Å². The Morgan fingerprint density at radius 3 is 2.86 bits per heavy atom. The van der Waals surface area contributed by atoms with E-state index < -0.39 is 0 Å². The number of benzene rings is 1. The highest BCUT2D eigenvalue weighted by atomic mass is 16.2. The number of rotatable bonds is 3. The molecule has 0 atom stereocenters. The number of aromatic amines is 1. The number of hydrogen-bond donors (Lipinski definition) is 1. The first-order valence-corrected chi connectivity index (χ1v) is 7.17. The van der Waals surface area contributed by atoms with Crippen LogP contribution < -0.4 is 0 Å². The van der Waals surface area contributed by atoms with Crippen molar-refractivity contribution < 1.29 is 4.79 Å². The lowest BCUT2D eigenvalue weighted by Crippen LogP contribution is -2.36. The number of amides is 2. The average molecular weight is 281 g/mol. The summed E-state index contributed by atoms with van der Waals surface area (Å²) in [4.78, 5) is 18.9. The van der Waals surface area contributed by atoms with E-state index in [4.69, 9.17) is 0 Å². The van der Waals surface area contributed by atoms with Gasteiger partial charge in [-0.05, 0) is 24.5 Å². The fraction of sp³-hybridized carbons (Fsp3) is 0.235. The molecule has 4 heteroatoms. The minimum absolute atomic E-state index is 0.00189. The van der Waals surface area contributed by atoms with Crippen molar-refractivity contribution in [2.75, 3.05) is 13.6 Å². The van der Waals surface area contributed by atoms with Gasteiger partial charge in [-0.25, -0.2) is 4.79 Å². The van der Waals surface area contributed by atoms with Gasteiger partial charge in [-0.1, -0.05) is 30.4 Å². The van der Waals surface area contributed by atoms with Crippen LogP contribution in [-0.4, -0.2) is 34.4 Å². The van der Waals surface area contributed by atoms with E-state index in [1.807, 2.05) is 49.9 Å². The molecule has 0 fully saturated rings. The summed E-state index contributed by atoms with van der Waals surface area (Å²) in [5.74, 6) is 0. The summed E-state index contributed by atoms with van der Waals surface area (Å²) < 4.78 is 0. The highest BCUT2D eigenvalue weighted by Gasteiger charge is 2.15. The number of allylic oxidation sites excluding steroid dienone is 2. The molecule has 108 valence electrons. The maximum atomic E-state index is 12.3. The van der Waals surface area contributed by atoms with Gasteiger partial charge in [-0.2, -0.15) is 0 Å². The summed E-state index contributed by atoms with van der Waals surface area (Å²) in [7, 11) is 1.84. The molecule has 1 aliphatic rings. The summed E-state index contributed by atoms with van der Waals surface area (Å²) in [6, 6.07) is 8.24. The lowest BCUT2D eigenvalue weighted by molar-refractivity contribution is 0.192. The van der Waals surface area contributed by atoms with Gasteiger partial charge in [0.1, 0.15) is 0 Å². The minimum Gasteiger partial charge on any atom is -0.361 e. The molecule has 21 heavy (non-hydrogen) atoms. The van der Waals surface area contributed by atoms with Crippen molar-refractivity contribution in [3.8, 4) is 0 Å². The normalized spacial score (nSPS) is 13.9. The second-order valence-electron chi connectivity index (χ2n) is 5.23. The number of carbonyl (C=O) groups excluding carboxylic acids is 1. The molecular weight excluding hydrogens is 262 g/mol. The van der Waals surface area contributed by atoms with E-state index in [9.17, 15) is 4.79 Å². The zero-order valence-corrected chi connectivity index (χ0v) is 12.1. The number of para-hydroxylation sites is 1. The van der Waals surface area contributed by atoms with Crippen molar-refractivity contribution in [1.82, 2.24) is 14.8 Å². The van der Waals surface area contributed by atoms with Gasteiger partial charge in [0, 0.05) is 43.1 Å². The van der Waals surface area contributed by atoms with E-state index in [1.165, 1.54) is 10.9 Å². The van der Waals surface area contributed by atoms with Crippen LogP contribution in [0.4, 0.5) is 4.79 Å². The van der Waals surface area contributed by atoms with E-state index in [0.29, 0.717) is 6.54 Å². The van der Waals surface area contributed by atoms with E-state index in [1.54, 1.807) is 9.80 Å². The van der Waals surface area contributed by atoms with Crippen LogP contribution in [0.25, 0.3) is 10.9 Å². The Hall–Kier alpha value is -2.49. The Balaban J connectivity index is 1.64. The molecule has 3 rings (SSSR count). The fourth-order valence-corrected chi connectivity index (χ4v) is 2.52. The monoisotopic (exact) mass is 281 g/mol. The second kappa shape index (κ2) is 5.87. The standard InChI is InChI=1S/C17H19N3O/c1-19(17(21)20-10-5-2-6-11-20)12-9-14-13-18-16-8-4-3-7-15(14)16/h3-8,10-11,13,18H,2,9,12H2,1H3. The summed E-state index contributed by atoms with van der Waals surface area (Å²) in [6.45, 7) is 0.693. The van der Waals surface area contributed by atoms with Gasteiger partial charge >= 0.3 is 6.03 Å². The summed E-state index contributed by atoms with van der Waals surface area (Å²) in [6.07, 6.45) is 11.4. The fourth-order valence-electron chi connectivity index (χ4n) is 2.52. The molecule has 0 aliphatic carbocycles. The van der Waals surface area contributed by atoms with Gasteiger partial charge in [-0.15, -0.1) is 0 Å². The molecule has 0 saturated heterocycles. The number of carbonyl (C=O) groups is 1. The third kappa shape index (κ3) is 2.84. The maximum absolute atomic E-state index is 12.3. The quantitative estimate of drug-likeness (QED) is 0.919. The molecule has 1 aliphatic heterocycles. The maximum Gasteiger partial charge on any atom is 0.327 e. The molecule has 2 amide bonds. The van der Waals surface area contributed by atoms with Crippen LogP contribution in [0.2, 0.25) is 0 Å². The Morgan fingerprint density at radius 2 is 2.05 bits per heavy atom. The zero-order valence-electron chi connectivity index (χ0n) is 12.1. The van der Waals surface area contributed by atoms with Crippen molar-refractivity contribution in [1.29, 1.82) is 0 Å². The van der Waals surface area contributed by atoms with Gasteiger partial charge in [-0.3, -0.25) is 4.90 Å². The lowest BCUT2D eigenvalue weighted by Gasteiger charge is -2.24. The van der Waals surface area contributed by atoms with E-state index in [2.05, 4.69) is 17.1 Å². The molecular formula is C17H19N3O. The van der Waals surface area contributed by atoms with Crippen LogP contribution in [0.1, 0.15) is 12.0 Å². The number of H-pyrrole nitrogens is 1. The highest BCUT2D eigenvalue weighted by Crippen LogP contribution is 2.18. The third-order valence-corrected chi connectivity index (χ3v) is 3.74. The molecule has 0 spiro atoms. The molecule has 0 bridgehead atoms. The average Bonchev–Trinajstić information content (AvgIpc) is 2.96. The SMILES string of the molecule is CN(CCc1c[nH]c2ccccc12)C(=O)N1C=CCC=C1. The van der Waals surface area contributed by atoms with Crippen molar-refractivity contribution in [2.45, 2.75) is 12.8 Å². The number of nitrogens with zero attached hydrogens (tertiary/aromatic N) is 2. The van der Waals surface area contributed by atoms with Gasteiger partial charge in [0.2, 0.25) is 0 Å². The summed E-state index contributed by atoms with van der Waals surface area (Å²) in [5, 5.41) is 1.23. The smallest absolute Gasteiger partial charge is 0.327 e. The molecule has 1 aromatic heterocycles. The van der Waals surface area contributed by atoms with Crippen LogP contribution in [0.15, 0.2) is 55.0 Å². The zero-order chi connectivity index (χ0) is 14.7. The summed E-state index contributed by atoms with van der Waals surface area (Å²) in [5.41, 5.74) is 2.39. The number of hydrogen-bond acceptors (Lipinski definition) is 1. The first-order valence-electron chi connectivity index (χ1n) is 7.17.